The van der Waals surface area contributed by atoms with Crippen molar-refractivity contribution in [2.45, 2.75) is 12.5 Å². The maximum Gasteiger partial charge on any atom is 0.257 e. The Morgan fingerprint density at radius 1 is 1.19 bits per heavy atom. The van der Waals surface area contributed by atoms with E-state index in [0.717, 1.165) is 13.0 Å². The molecule has 0 aromatic carbocycles. The van der Waals surface area contributed by atoms with E-state index in [2.05, 4.69) is 5.32 Å². The van der Waals surface area contributed by atoms with E-state index in [0.29, 0.717) is 31.7 Å². The van der Waals surface area contributed by atoms with Crippen LogP contribution >= 0.6 is 0 Å². The second-order valence-corrected chi connectivity index (χ2v) is 5.30. The SMILES string of the molecule is O=C(c1ccoc1)N1CCCN(C(=O)[C@H]2C=CCN2)CC1. The van der Waals surface area contributed by atoms with Crippen LogP contribution in [-0.2, 0) is 4.79 Å². The van der Waals surface area contributed by atoms with E-state index in [1.165, 1.54) is 12.5 Å². The molecule has 3 heterocycles. The predicted molar refractivity (Wildman–Crippen MR) is 76.7 cm³/mol. The zero-order chi connectivity index (χ0) is 14.7. The van der Waals surface area contributed by atoms with E-state index in [9.17, 15) is 9.59 Å². The van der Waals surface area contributed by atoms with E-state index in [1.807, 2.05) is 17.1 Å². The summed E-state index contributed by atoms with van der Waals surface area (Å²) in [6.07, 6.45) is 7.63. The van der Waals surface area contributed by atoms with Gasteiger partial charge in [0.2, 0.25) is 5.91 Å². The van der Waals surface area contributed by atoms with E-state index >= 15 is 0 Å². The molecule has 0 radical (unpaired) electrons. The van der Waals surface area contributed by atoms with Crippen LogP contribution in [0.3, 0.4) is 0 Å². The summed E-state index contributed by atoms with van der Waals surface area (Å²) in [4.78, 5) is 28.3. The van der Waals surface area contributed by atoms with Crippen molar-refractivity contribution in [3.8, 4) is 0 Å². The first kappa shape index (κ1) is 13.9. The highest BCUT2D eigenvalue weighted by molar-refractivity contribution is 5.94. The summed E-state index contributed by atoms with van der Waals surface area (Å²) in [5, 5.41) is 3.14. The number of nitrogens with one attached hydrogen (secondary N) is 1. The number of hydrogen-bond acceptors (Lipinski definition) is 4. The van der Waals surface area contributed by atoms with Crippen LogP contribution in [0.15, 0.2) is 35.2 Å². The van der Waals surface area contributed by atoms with Gasteiger partial charge in [0.05, 0.1) is 11.8 Å². The van der Waals surface area contributed by atoms with Crippen LogP contribution in [0.5, 0.6) is 0 Å². The first-order valence-electron chi connectivity index (χ1n) is 7.26. The molecule has 3 rings (SSSR count). The lowest BCUT2D eigenvalue weighted by molar-refractivity contribution is -0.131. The van der Waals surface area contributed by atoms with Crippen LogP contribution < -0.4 is 5.32 Å². The summed E-state index contributed by atoms with van der Waals surface area (Å²) in [5.41, 5.74) is 0.565. The minimum Gasteiger partial charge on any atom is -0.472 e. The van der Waals surface area contributed by atoms with Gasteiger partial charge in [0.1, 0.15) is 12.3 Å². The van der Waals surface area contributed by atoms with Crippen molar-refractivity contribution >= 4 is 11.8 Å². The van der Waals surface area contributed by atoms with Crippen LogP contribution in [0.25, 0.3) is 0 Å². The van der Waals surface area contributed by atoms with E-state index in [1.54, 1.807) is 11.0 Å². The molecule has 0 spiro atoms. The third-order valence-electron chi connectivity index (χ3n) is 3.91. The quantitative estimate of drug-likeness (QED) is 0.804. The molecule has 0 aliphatic carbocycles. The maximum absolute atomic E-state index is 12.4. The topological polar surface area (TPSA) is 65.8 Å². The second-order valence-electron chi connectivity index (χ2n) is 5.30. The minimum atomic E-state index is -0.207. The lowest BCUT2D eigenvalue weighted by Crippen LogP contribution is -2.45. The van der Waals surface area contributed by atoms with Crippen LogP contribution in [0.1, 0.15) is 16.8 Å². The zero-order valence-corrected chi connectivity index (χ0v) is 11.8. The molecule has 2 aliphatic heterocycles. The van der Waals surface area contributed by atoms with Crippen molar-refractivity contribution in [2.75, 3.05) is 32.7 Å². The number of carbonyl (C=O) groups excluding carboxylic acids is 2. The smallest absolute Gasteiger partial charge is 0.257 e. The van der Waals surface area contributed by atoms with Gasteiger partial charge in [-0.2, -0.15) is 0 Å². The summed E-state index contributed by atoms with van der Waals surface area (Å²) in [6, 6.07) is 1.46. The van der Waals surface area contributed by atoms with Gasteiger partial charge in [0.25, 0.3) is 5.91 Å². The van der Waals surface area contributed by atoms with E-state index in [4.69, 9.17) is 4.42 Å². The standard InChI is InChI=1S/C15H19N3O3/c19-14(12-4-10-21-11-12)17-6-2-7-18(9-8-17)15(20)13-3-1-5-16-13/h1,3-4,10-11,13,16H,2,5-9H2/t13-/m1/s1. The molecular formula is C15H19N3O3. The van der Waals surface area contributed by atoms with Crippen LogP contribution in [-0.4, -0.2) is 60.4 Å². The molecule has 1 fully saturated rings. The van der Waals surface area contributed by atoms with Crippen molar-refractivity contribution in [2.24, 2.45) is 0 Å². The molecule has 1 atom stereocenters. The van der Waals surface area contributed by atoms with Gasteiger partial charge >= 0.3 is 0 Å². The number of carbonyl (C=O) groups is 2. The summed E-state index contributed by atoms with van der Waals surface area (Å²) in [5.74, 6) is 0.0679. The van der Waals surface area contributed by atoms with Gasteiger partial charge in [-0.25, -0.2) is 0 Å². The molecule has 1 aromatic rings. The molecule has 1 N–H and O–H groups in total. The van der Waals surface area contributed by atoms with Gasteiger partial charge in [-0.05, 0) is 12.5 Å². The van der Waals surface area contributed by atoms with Crippen LogP contribution in [0.2, 0.25) is 0 Å². The summed E-state index contributed by atoms with van der Waals surface area (Å²) >= 11 is 0. The highest BCUT2D eigenvalue weighted by Crippen LogP contribution is 2.11. The van der Waals surface area contributed by atoms with Crippen molar-refractivity contribution in [1.29, 1.82) is 0 Å². The Morgan fingerprint density at radius 3 is 2.71 bits per heavy atom. The summed E-state index contributed by atoms with van der Waals surface area (Å²) in [6.45, 7) is 3.25. The third kappa shape index (κ3) is 3.00. The molecule has 2 aliphatic rings. The van der Waals surface area contributed by atoms with Gasteiger partial charge in [-0.15, -0.1) is 0 Å². The zero-order valence-electron chi connectivity index (χ0n) is 11.8. The number of rotatable bonds is 2. The first-order chi connectivity index (χ1) is 10.3. The van der Waals surface area contributed by atoms with Crippen molar-refractivity contribution in [3.63, 3.8) is 0 Å². The largest absolute Gasteiger partial charge is 0.472 e. The number of furan rings is 1. The Balaban J connectivity index is 1.60. The monoisotopic (exact) mass is 289 g/mol. The van der Waals surface area contributed by atoms with Gasteiger partial charge < -0.3 is 14.2 Å². The average molecular weight is 289 g/mol. The molecule has 2 amide bonds. The van der Waals surface area contributed by atoms with Gasteiger partial charge in [-0.1, -0.05) is 12.2 Å². The number of nitrogens with zero attached hydrogens (tertiary/aromatic N) is 2. The Morgan fingerprint density at radius 2 is 2.00 bits per heavy atom. The summed E-state index contributed by atoms with van der Waals surface area (Å²) in [7, 11) is 0. The fourth-order valence-corrected chi connectivity index (χ4v) is 2.74. The predicted octanol–water partition coefficient (Wildman–Crippen LogP) is 0.482. The molecule has 0 saturated carbocycles. The highest BCUT2D eigenvalue weighted by atomic mass is 16.3. The highest BCUT2D eigenvalue weighted by Gasteiger charge is 2.27. The number of hydrogen-bond donors (Lipinski definition) is 1. The number of amides is 2. The second kappa shape index (κ2) is 6.13. The van der Waals surface area contributed by atoms with Crippen LogP contribution in [0.4, 0.5) is 0 Å². The molecular weight excluding hydrogens is 270 g/mol. The fraction of sp³-hybridized carbons (Fsp3) is 0.467. The third-order valence-corrected chi connectivity index (χ3v) is 3.91. The van der Waals surface area contributed by atoms with Crippen molar-refractivity contribution < 1.29 is 14.0 Å². The lowest BCUT2D eigenvalue weighted by Gasteiger charge is -2.24. The summed E-state index contributed by atoms with van der Waals surface area (Å²) < 4.78 is 4.96. The molecule has 0 unspecified atom stereocenters. The van der Waals surface area contributed by atoms with Crippen LogP contribution in [0, 0.1) is 0 Å². The van der Waals surface area contributed by atoms with Crippen molar-refractivity contribution in [1.82, 2.24) is 15.1 Å². The molecule has 6 nitrogen and oxygen atoms in total. The Labute approximate surface area is 123 Å². The fourth-order valence-electron chi connectivity index (χ4n) is 2.74. The van der Waals surface area contributed by atoms with Gasteiger partial charge in [0, 0.05) is 32.7 Å². The molecule has 112 valence electrons. The Kier molecular flexibility index (Phi) is 4.06. The molecule has 6 heteroatoms. The Bertz CT molecular complexity index is 538. The average Bonchev–Trinajstić information content (AvgIpc) is 3.15. The maximum atomic E-state index is 12.4. The minimum absolute atomic E-state index is 0.0306. The molecule has 21 heavy (non-hydrogen) atoms. The molecule has 0 bridgehead atoms. The van der Waals surface area contributed by atoms with E-state index < -0.39 is 0 Å². The lowest BCUT2D eigenvalue weighted by atomic mass is 10.2. The van der Waals surface area contributed by atoms with Gasteiger partial charge in [0.15, 0.2) is 0 Å². The van der Waals surface area contributed by atoms with E-state index in [-0.39, 0.29) is 17.9 Å². The first-order valence-corrected chi connectivity index (χ1v) is 7.26. The Hall–Kier alpha value is -2.08. The normalized spacial score (nSPS) is 22.4. The van der Waals surface area contributed by atoms with Crippen molar-refractivity contribution in [3.05, 3.63) is 36.3 Å². The molecule has 1 aromatic heterocycles. The molecule has 1 saturated heterocycles. The van der Waals surface area contributed by atoms with Gasteiger partial charge in [-0.3, -0.25) is 14.9 Å².